The number of nitrogens with zero attached hydrogens (tertiary/aromatic N) is 2. The van der Waals surface area contributed by atoms with Gasteiger partial charge in [0.25, 0.3) is 0 Å². The van der Waals surface area contributed by atoms with Crippen molar-refractivity contribution in [3.63, 3.8) is 0 Å². The number of carbonyl (C=O) groups excluding carboxylic acids is 4. The van der Waals surface area contributed by atoms with Crippen LogP contribution in [0.15, 0.2) is 84.9 Å². The zero-order valence-electron chi connectivity index (χ0n) is 19.4. The standard InChI is InChI=1S/C30H14N2O6/c31-15-17-7-11-19(12-8-17)29(35)37-23-5-1-3-21-25(23)28(34)26-22(27(21)33)4-2-6-24(26)38-30(36)20-13-9-18(16-32)10-14-20/h1-14H. The fourth-order valence-electron chi connectivity index (χ4n) is 4.03. The van der Waals surface area contributed by atoms with Gasteiger partial charge in [-0.3, -0.25) is 9.59 Å². The topological polar surface area (TPSA) is 134 Å². The molecule has 1 aliphatic carbocycles. The molecule has 8 nitrogen and oxygen atoms in total. The average molecular weight is 498 g/mol. The molecule has 38 heavy (non-hydrogen) atoms. The highest BCUT2D eigenvalue weighted by molar-refractivity contribution is 6.30. The second-order valence-electron chi connectivity index (χ2n) is 8.17. The number of hydrogen-bond donors (Lipinski definition) is 0. The molecule has 4 aromatic rings. The lowest BCUT2D eigenvalue weighted by molar-refractivity contribution is 0.0725. The molecule has 0 amide bonds. The first kappa shape index (κ1) is 23.9. The van der Waals surface area contributed by atoms with Gasteiger partial charge in [-0.25, -0.2) is 9.59 Å². The quantitative estimate of drug-likeness (QED) is 0.258. The molecule has 0 spiro atoms. The lowest BCUT2D eigenvalue weighted by Crippen LogP contribution is -2.24. The molecule has 0 atom stereocenters. The monoisotopic (exact) mass is 498 g/mol. The fraction of sp³-hybridized carbons (Fsp3) is 0. The maximum atomic E-state index is 13.7. The molecule has 0 N–H and O–H groups in total. The number of ketones is 2. The van der Waals surface area contributed by atoms with Crippen molar-refractivity contribution >= 4 is 23.5 Å². The van der Waals surface area contributed by atoms with Crippen molar-refractivity contribution in [3.8, 4) is 23.6 Å². The highest BCUT2D eigenvalue weighted by Gasteiger charge is 2.35. The molecule has 0 bridgehead atoms. The summed E-state index contributed by atoms with van der Waals surface area (Å²) in [5, 5.41) is 17.9. The zero-order chi connectivity index (χ0) is 26.8. The lowest BCUT2D eigenvalue weighted by Gasteiger charge is -2.21. The first-order chi connectivity index (χ1) is 18.4. The van der Waals surface area contributed by atoms with Crippen LogP contribution < -0.4 is 9.47 Å². The number of hydrogen-bond acceptors (Lipinski definition) is 8. The Bertz CT molecular complexity index is 1610. The summed E-state index contributed by atoms with van der Waals surface area (Å²) in [6, 6.07) is 24.1. The van der Waals surface area contributed by atoms with Gasteiger partial charge in [0.05, 0.1) is 45.5 Å². The van der Waals surface area contributed by atoms with Gasteiger partial charge in [-0.2, -0.15) is 10.5 Å². The summed E-state index contributed by atoms with van der Waals surface area (Å²) in [4.78, 5) is 52.5. The highest BCUT2D eigenvalue weighted by atomic mass is 16.5. The third-order valence-electron chi connectivity index (χ3n) is 5.90. The van der Waals surface area contributed by atoms with Crippen molar-refractivity contribution in [2.24, 2.45) is 0 Å². The van der Waals surface area contributed by atoms with Crippen molar-refractivity contribution in [1.82, 2.24) is 0 Å². The molecule has 0 saturated carbocycles. The molecular weight excluding hydrogens is 484 g/mol. The van der Waals surface area contributed by atoms with Crippen molar-refractivity contribution in [3.05, 3.63) is 129 Å². The number of nitriles is 2. The van der Waals surface area contributed by atoms with Crippen LogP contribution in [-0.4, -0.2) is 23.5 Å². The molecule has 0 aliphatic heterocycles. The van der Waals surface area contributed by atoms with Crippen LogP contribution in [0.25, 0.3) is 0 Å². The molecule has 0 unspecified atom stereocenters. The maximum absolute atomic E-state index is 13.7. The van der Waals surface area contributed by atoms with Gasteiger partial charge in [-0.1, -0.05) is 24.3 Å². The minimum atomic E-state index is -0.783. The lowest BCUT2D eigenvalue weighted by atomic mass is 9.83. The molecule has 1 aliphatic rings. The van der Waals surface area contributed by atoms with Crippen LogP contribution in [0.4, 0.5) is 0 Å². The van der Waals surface area contributed by atoms with E-state index >= 15 is 0 Å². The molecule has 8 heteroatoms. The fourth-order valence-corrected chi connectivity index (χ4v) is 4.03. The second-order valence-corrected chi connectivity index (χ2v) is 8.17. The van der Waals surface area contributed by atoms with Gasteiger partial charge < -0.3 is 9.47 Å². The Kier molecular flexibility index (Phi) is 6.06. The van der Waals surface area contributed by atoms with E-state index in [2.05, 4.69) is 0 Å². The number of esters is 2. The third-order valence-corrected chi connectivity index (χ3v) is 5.90. The molecule has 5 rings (SSSR count). The Morgan fingerprint density at radius 1 is 0.553 bits per heavy atom. The van der Waals surface area contributed by atoms with E-state index in [1.165, 1.54) is 84.9 Å². The van der Waals surface area contributed by atoms with Crippen LogP contribution in [-0.2, 0) is 0 Å². The molecule has 0 fully saturated rings. The summed E-state index contributed by atoms with van der Waals surface area (Å²) in [5.74, 6) is -2.98. The van der Waals surface area contributed by atoms with E-state index in [1.54, 1.807) is 0 Å². The predicted molar refractivity (Wildman–Crippen MR) is 132 cm³/mol. The van der Waals surface area contributed by atoms with Crippen molar-refractivity contribution in [2.45, 2.75) is 0 Å². The summed E-state index contributed by atoms with van der Waals surface area (Å²) in [7, 11) is 0. The van der Waals surface area contributed by atoms with Gasteiger partial charge in [-0.15, -0.1) is 0 Å². The van der Waals surface area contributed by atoms with Crippen LogP contribution in [0.1, 0.15) is 63.7 Å². The van der Waals surface area contributed by atoms with Gasteiger partial charge in [0.15, 0.2) is 5.78 Å². The van der Waals surface area contributed by atoms with Crippen LogP contribution in [0.3, 0.4) is 0 Å². The van der Waals surface area contributed by atoms with Crippen LogP contribution >= 0.6 is 0 Å². The summed E-state index contributed by atoms with van der Waals surface area (Å²) < 4.78 is 11.0. The van der Waals surface area contributed by atoms with Crippen LogP contribution in [0, 0.1) is 22.7 Å². The molecule has 0 aromatic heterocycles. The van der Waals surface area contributed by atoms with Gasteiger partial charge in [0.2, 0.25) is 5.78 Å². The summed E-state index contributed by atoms with van der Waals surface area (Å²) in [6.45, 7) is 0. The van der Waals surface area contributed by atoms with E-state index in [4.69, 9.17) is 20.0 Å². The third kappa shape index (κ3) is 4.19. The van der Waals surface area contributed by atoms with Crippen LogP contribution in [0.5, 0.6) is 11.5 Å². The van der Waals surface area contributed by atoms with E-state index in [9.17, 15) is 19.2 Å². The van der Waals surface area contributed by atoms with Crippen LogP contribution in [0.2, 0.25) is 0 Å². The van der Waals surface area contributed by atoms with Crippen molar-refractivity contribution in [1.29, 1.82) is 10.5 Å². The summed E-state index contributed by atoms with van der Waals surface area (Å²) >= 11 is 0. The summed E-state index contributed by atoms with van der Waals surface area (Å²) in [5.41, 5.74) is 0.842. The first-order valence-corrected chi connectivity index (χ1v) is 11.2. The number of rotatable bonds is 4. The molecular formula is C30H14N2O6. The molecule has 4 aromatic carbocycles. The number of ether oxygens (including phenoxy) is 2. The van der Waals surface area contributed by atoms with Crippen molar-refractivity contribution in [2.75, 3.05) is 0 Å². The highest BCUT2D eigenvalue weighted by Crippen LogP contribution is 2.37. The van der Waals surface area contributed by atoms with E-state index in [-0.39, 0.29) is 44.9 Å². The number of benzene rings is 4. The summed E-state index contributed by atoms with van der Waals surface area (Å²) in [6.07, 6.45) is 0. The minimum absolute atomic E-state index is 0.0446. The molecule has 0 radical (unpaired) electrons. The Morgan fingerprint density at radius 3 is 1.32 bits per heavy atom. The minimum Gasteiger partial charge on any atom is -0.422 e. The van der Waals surface area contributed by atoms with Gasteiger partial charge in [0.1, 0.15) is 11.5 Å². The van der Waals surface area contributed by atoms with Gasteiger partial charge in [-0.05, 0) is 60.7 Å². The molecule has 0 saturated heterocycles. The van der Waals surface area contributed by atoms with E-state index in [0.717, 1.165) is 0 Å². The Balaban J connectivity index is 1.50. The average Bonchev–Trinajstić information content (AvgIpc) is 2.95. The zero-order valence-corrected chi connectivity index (χ0v) is 19.4. The number of fused-ring (bicyclic) bond motifs is 2. The number of carbonyl (C=O) groups is 4. The van der Waals surface area contributed by atoms with E-state index in [1.807, 2.05) is 12.1 Å². The van der Waals surface area contributed by atoms with Gasteiger partial charge >= 0.3 is 11.9 Å². The molecule has 0 heterocycles. The molecule has 180 valence electrons. The van der Waals surface area contributed by atoms with Crippen molar-refractivity contribution < 1.29 is 28.7 Å². The second kappa shape index (κ2) is 9.65. The Morgan fingerprint density at radius 2 is 0.947 bits per heavy atom. The maximum Gasteiger partial charge on any atom is 0.343 e. The van der Waals surface area contributed by atoms with E-state index in [0.29, 0.717) is 11.1 Å². The largest absolute Gasteiger partial charge is 0.422 e. The SMILES string of the molecule is N#Cc1ccc(C(=O)Oc2cccc3c2C(=O)c2c(OC(=O)c4ccc(C#N)cc4)cccc2C3=O)cc1. The Hall–Kier alpha value is -5.86. The predicted octanol–water partition coefficient (Wildman–Crippen LogP) is 4.64. The Labute approximate surface area is 215 Å². The van der Waals surface area contributed by atoms with E-state index < -0.39 is 23.5 Å². The smallest absolute Gasteiger partial charge is 0.343 e. The normalized spacial score (nSPS) is 11.4. The van der Waals surface area contributed by atoms with Gasteiger partial charge in [0, 0.05) is 11.1 Å². The first-order valence-electron chi connectivity index (χ1n) is 11.2.